The van der Waals surface area contributed by atoms with Gasteiger partial charge >= 0.3 is 0 Å². The molecular weight excluding hydrogens is 503 g/mol. The van der Waals surface area contributed by atoms with E-state index in [0.717, 1.165) is 18.4 Å². The number of furan rings is 1. The Morgan fingerprint density at radius 2 is 1.78 bits per heavy atom. The number of benzene rings is 2. The second kappa shape index (κ2) is 11.7. The number of methoxy groups -OCH3 is 2. The van der Waals surface area contributed by atoms with Gasteiger partial charge < -0.3 is 23.7 Å². The van der Waals surface area contributed by atoms with Gasteiger partial charge in [-0.1, -0.05) is 29.3 Å². The van der Waals surface area contributed by atoms with Crippen LogP contribution in [0.4, 0.5) is 0 Å². The van der Waals surface area contributed by atoms with E-state index in [1.165, 1.54) is 0 Å². The van der Waals surface area contributed by atoms with E-state index in [1.54, 1.807) is 54.5 Å². The Hall–Kier alpha value is -3.16. The first-order valence-corrected chi connectivity index (χ1v) is 12.4. The molecule has 0 unspecified atom stereocenters. The fourth-order valence-corrected chi connectivity index (χ4v) is 4.27. The minimum Gasteiger partial charge on any atom is -0.493 e. The molecule has 2 amide bonds. The average molecular weight is 531 g/mol. The maximum absolute atomic E-state index is 13.5. The monoisotopic (exact) mass is 530 g/mol. The summed E-state index contributed by atoms with van der Waals surface area (Å²) in [6.07, 6.45) is 3.90. The molecule has 3 aromatic rings. The number of halogens is 2. The molecule has 0 radical (unpaired) electrons. The number of carbonyl (C=O) groups is 2. The molecular formula is C27H28Cl2N2O5. The van der Waals surface area contributed by atoms with Crippen molar-refractivity contribution in [2.24, 2.45) is 0 Å². The maximum Gasteiger partial charge on any atom is 0.254 e. The molecule has 9 heteroatoms. The van der Waals surface area contributed by atoms with Crippen LogP contribution in [0.3, 0.4) is 0 Å². The number of ether oxygens (including phenoxy) is 2. The molecule has 1 aromatic heterocycles. The average Bonchev–Trinajstić information content (AvgIpc) is 3.60. The van der Waals surface area contributed by atoms with Crippen molar-refractivity contribution in [1.29, 1.82) is 0 Å². The van der Waals surface area contributed by atoms with Gasteiger partial charge in [-0.2, -0.15) is 0 Å². The minimum absolute atomic E-state index is 0.0314. The zero-order valence-corrected chi connectivity index (χ0v) is 21.7. The van der Waals surface area contributed by atoms with Gasteiger partial charge in [0.1, 0.15) is 12.3 Å². The molecule has 1 aliphatic rings. The van der Waals surface area contributed by atoms with Crippen molar-refractivity contribution in [3.8, 4) is 11.5 Å². The third-order valence-corrected chi connectivity index (χ3v) is 6.86. The molecule has 0 atom stereocenters. The zero-order valence-electron chi connectivity index (χ0n) is 20.2. The van der Waals surface area contributed by atoms with Gasteiger partial charge in [-0.05, 0) is 67.3 Å². The smallest absolute Gasteiger partial charge is 0.254 e. The van der Waals surface area contributed by atoms with Gasteiger partial charge in [0.15, 0.2) is 11.5 Å². The van der Waals surface area contributed by atoms with Gasteiger partial charge in [-0.25, -0.2) is 0 Å². The van der Waals surface area contributed by atoms with Crippen LogP contribution in [0.15, 0.2) is 59.2 Å². The molecule has 4 rings (SSSR count). The van der Waals surface area contributed by atoms with E-state index in [1.807, 2.05) is 24.3 Å². The number of hydrogen-bond acceptors (Lipinski definition) is 5. The van der Waals surface area contributed by atoms with Crippen LogP contribution in [0.5, 0.6) is 11.5 Å². The molecule has 2 aromatic carbocycles. The first kappa shape index (κ1) is 25.9. The van der Waals surface area contributed by atoms with Crippen LogP contribution in [-0.4, -0.2) is 55.0 Å². The van der Waals surface area contributed by atoms with Crippen molar-refractivity contribution < 1.29 is 23.5 Å². The minimum atomic E-state index is -0.234. The van der Waals surface area contributed by atoms with Gasteiger partial charge in [0.25, 0.3) is 5.91 Å². The second-order valence-corrected chi connectivity index (χ2v) is 9.44. The van der Waals surface area contributed by atoms with E-state index < -0.39 is 0 Å². The molecule has 0 N–H and O–H groups in total. The van der Waals surface area contributed by atoms with Gasteiger partial charge in [0, 0.05) is 18.2 Å². The fraction of sp³-hybridized carbons (Fsp3) is 0.333. The predicted molar refractivity (Wildman–Crippen MR) is 138 cm³/mol. The molecule has 36 heavy (non-hydrogen) atoms. The van der Waals surface area contributed by atoms with Crippen molar-refractivity contribution >= 4 is 35.0 Å². The van der Waals surface area contributed by atoms with Crippen LogP contribution in [-0.2, 0) is 17.8 Å². The van der Waals surface area contributed by atoms with Gasteiger partial charge in [-0.15, -0.1) is 0 Å². The summed E-state index contributed by atoms with van der Waals surface area (Å²) in [5.41, 5.74) is 1.41. The second-order valence-electron chi connectivity index (χ2n) is 8.63. The molecule has 0 spiro atoms. The van der Waals surface area contributed by atoms with Gasteiger partial charge in [-0.3, -0.25) is 9.59 Å². The number of hydrogen-bond donors (Lipinski definition) is 0. The fourth-order valence-electron chi connectivity index (χ4n) is 3.98. The predicted octanol–water partition coefficient (Wildman–Crippen LogP) is 5.48. The Balaban J connectivity index is 1.50. The van der Waals surface area contributed by atoms with E-state index >= 15 is 0 Å². The summed E-state index contributed by atoms with van der Waals surface area (Å²) in [6.45, 7) is 0.712. The SMILES string of the molecule is COc1ccc(CCN(Cc2ccco2)C(=O)CN(C(=O)c2ccc(Cl)c(Cl)c2)C2CC2)cc1OC. The Morgan fingerprint density at radius 3 is 2.42 bits per heavy atom. The Labute approximate surface area is 220 Å². The Kier molecular flexibility index (Phi) is 8.44. The van der Waals surface area contributed by atoms with Crippen molar-refractivity contribution in [3.63, 3.8) is 0 Å². The highest BCUT2D eigenvalue weighted by Gasteiger charge is 2.35. The lowest BCUT2D eigenvalue weighted by molar-refractivity contribution is -0.132. The number of rotatable bonds is 11. The molecule has 0 aliphatic heterocycles. The summed E-state index contributed by atoms with van der Waals surface area (Å²) in [5, 5.41) is 0.681. The van der Waals surface area contributed by atoms with Crippen molar-refractivity contribution in [3.05, 3.63) is 81.7 Å². The van der Waals surface area contributed by atoms with Crippen LogP contribution in [0.2, 0.25) is 10.0 Å². The van der Waals surface area contributed by atoms with Crippen molar-refractivity contribution in [2.75, 3.05) is 27.3 Å². The number of nitrogens with zero attached hydrogens (tertiary/aromatic N) is 2. The highest BCUT2D eigenvalue weighted by atomic mass is 35.5. The Morgan fingerprint density at radius 1 is 1.00 bits per heavy atom. The number of amides is 2. The summed E-state index contributed by atoms with van der Waals surface area (Å²) >= 11 is 12.1. The normalized spacial score (nSPS) is 12.8. The first-order chi connectivity index (χ1) is 17.4. The highest BCUT2D eigenvalue weighted by Crippen LogP contribution is 2.31. The van der Waals surface area contributed by atoms with Crippen LogP contribution in [0.1, 0.15) is 34.5 Å². The summed E-state index contributed by atoms with van der Waals surface area (Å²) < 4.78 is 16.2. The van der Waals surface area contributed by atoms with E-state index in [0.29, 0.717) is 52.4 Å². The van der Waals surface area contributed by atoms with Crippen LogP contribution >= 0.6 is 23.2 Å². The Bertz CT molecular complexity index is 1210. The van der Waals surface area contributed by atoms with Gasteiger partial charge in [0.2, 0.25) is 5.91 Å². The molecule has 190 valence electrons. The topological polar surface area (TPSA) is 72.2 Å². The molecule has 7 nitrogen and oxygen atoms in total. The largest absolute Gasteiger partial charge is 0.493 e. The molecule has 1 fully saturated rings. The van der Waals surface area contributed by atoms with E-state index in [9.17, 15) is 9.59 Å². The molecule has 0 bridgehead atoms. The van der Waals surface area contributed by atoms with Crippen LogP contribution < -0.4 is 9.47 Å². The summed E-state index contributed by atoms with van der Waals surface area (Å²) in [5.74, 6) is 1.55. The standard InChI is InChI=1S/C27H28Cl2N2O5/c1-34-24-10-5-18(14-25(24)35-2)11-12-30(16-21-4-3-13-36-21)26(32)17-31(20-7-8-20)27(33)19-6-9-22(28)23(29)15-19/h3-6,9-10,13-15,20H,7-8,11-12,16-17H2,1-2H3. The summed E-state index contributed by atoms with van der Waals surface area (Å²) in [7, 11) is 3.18. The van der Waals surface area contributed by atoms with Crippen LogP contribution in [0, 0.1) is 0 Å². The van der Waals surface area contributed by atoms with Gasteiger partial charge in [0.05, 0.1) is 37.1 Å². The molecule has 0 saturated heterocycles. The molecule has 1 aliphatic carbocycles. The third kappa shape index (κ3) is 6.33. The molecule has 1 heterocycles. The highest BCUT2D eigenvalue weighted by molar-refractivity contribution is 6.42. The first-order valence-electron chi connectivity index (χ1n) is 11.7. The van der Waals surface area contributed by atoms with E-state index in [4.69, 9.17) is 37.1 Å². The quantitative estimate of drug-likeness (QED) is 0.328. The summed E-state index contributed by atoms with van der Waals surface area (Å²) in [6, 6.07) is 14.1. The molecule has 1 saturated carbocycles. The zero-order chi connectivity index (χ0) is 25.7. The van der Waals surface area contributed by atoms with E-state index in [-0.39, 0.29) is 24.4 Å². The van der Waals surface area contributed by atoms with Crippen molar-refractivity contribution in [1.82, 2.24) is 9.80 Å². The lowest BCUT2D eigenvalue weighted by atomic mass is 10.1. The van der Waals surface area contributed by atoms with Crippen molar-refractivity contribution in [2.45, 2.75) is 31.8 Å². The third-order valence-electron chi connectivity index (χ3n) is 6.12. The number of carbonyl (C=O) groups excluding carboxylic acids is 2. The lowest BCUT2D eigenvalue weighted by Crippen LogP contribution is -2.44. The van der Waals surface area contributed by atoms with Crippen LogP contribution in [0.25, 0.3) is 0 Å². The lowest BCUT2D eigenvalue weighted by Gasteiger charge is -2.27. The van der Waals surface area contributed by atoms with E-state index in [2.05, 4.69) is 0 Å². The maximum atomic E-state index is 13.5. The summed E-state index contributed by atoms with van der Waals surface area (Å²) in [4.78, 5) is 30.1.